The first kappa shape index (κ1) is 32.9. The standard InChI is InChI=1S/C21H28N5O6P.C4H4O4/c1-15(11-26-13-25-17-18(22)23-12-24-19(17)26)30-14-33(29,32-16-7-5-4-6-8-16)31-10-9-21(2,3)20(27)28;5-3(6)1-2-4(7)8/h4-8,12-13,15H,9-11,14H2,1-3H3,(H,27,28)(H2,22,23,24);1-2H,(H,5,6)(H,7,8)/b;2-1+. The molecule has 222 valence electrons. The first-order chi connectivity index (χ1) is 19.2. The third-order valence-electron chi connectivity index (χ3n) is 5.35. The Morgan fingerprint density at radius 1 is 1.07 bits per heavy atom. The van der Waals surface area contributed by atoms with Gasteiger partial charge in [0.05, 0.1) is 31.0 Å². The second kappa shape index (κ2) is 14.9. The monoisotopic (exact) mass is 593 g/mol. The van der Waals surface area contributed by atoms with Crippen LogP contribution in [0.3, 0.4) is 0 Å². The van der Waals surface area contributed by atoms with Crippen LogP contribution in [-0.4, -0.2) is 71.8 Å². The van der Waals surface area contributed by atoms with E-state index in [-0.39, 0.29) is 25.2 Å². The number of nitrogens with zero attached hydrogens (tertiary/aromatic N) is 4. The van der Waals surface area contributed by atoms with Crippen LogP contribution in [0.1, 0.15) is 27.2 Å². The van der Waals surface area contributed by atoms with E-state index in [1.54, 1.807) is 62.0 Å². The summed E-state index contributed by atoms with van der Waals surface area (Å²) in [4.78, 5) is 42.8. The van der Waals surface area contributed by atoms with Gasteiger partial charge < -0.3 is 34.9 Å². The molecule has 3 aromatic rings. The van der Waals surface area contributed by atoms with E-state index in [9.17, 15) is 24.1 Å². The number of anilines is 1. The van der Waals surface area contributed by atoms with E-state index in [1.165, 1.54) is 6.33 Å². The van der Waals surface area contributed by atoms with Crippen molar-refractivity contribution < 1.29 is 48.1 Å². The van der Waals surface area contributed by atoms with Crippen molar-refractivity contribution in [1.29, 1.82) is 0 Å². The molecule has 3 rings (SSSR count). The number of rotatable bonds is 14. The number of nitrogen functional groups attached to an aromatic ring is 1. The maximum Gasteiger partial charge on any atom is 0.404 e. The van der Waals surface area contributed by atoms with Crippen LogP contribution < -0.4 is 10.3 Å². The molecule has 5 N–H and O–H groups in total. The minimum absolute atomic E-state index is 0.0660. The Balaban J connectivity index is 0.000000642. The smallest absolute Gasteiger partial charge is 0.404 e. The van der Waals surface area contributed by atoms with Gasteiger partial charge >= 0.3 is 25.5 Å². The van der Waals surface area contributed by atoms with Crippen LogP contribution in [0.15, 0.2) is 55.1 Å². The van der Waals surface area contributed by atoms with Crippen molar-refractivity contribution in [1.82, 2.24) is 19.5 Å². The van der Waals surface area contributed by atoms with Crippen molar-refractivity contribution in [3.63, 3.8) is 0 Å². The molecule has 0 fully saturated rings. The van der Waals surface area contributed by atoms with Gasteiger partial charge in [-0.15, -0.1) is 0 Å². The van der Waals surface area contributed by atoms with Gasteiger partial charge in [0.2, 0.25) is 0 Å². The number of hydrogen-bond acceptors (Lipinski definition) is 11. The normalized spacial score (nSPS) is 13.6. The third kappa shape index (κ3) is 11.0. The van der Waals surface area contributed by atoms with Crippen molar-refractivity contribution in [3.8, 4) is 5.75 Å². The Bertz CT molecular complexity index is 1390. The number of carboxylic acids is 3. The van der Waals surface area contributed by atoms with Crippen molar-refractivity contribution in [3.05, 3.63) is 55.1 Å². The van der Waals surface area contributed by atoms with E-state index in [2.05, 4.69) is 15.0 Å². The Hall–Kier alpha value is -4.33. The maximum atomic E-state index is 13.4. The summed E-state index contributed by atoms with van der Waals surface area (Å²) in [5.41, 5.74) is 5.85. The van der Waals surface area contributed by atoms with E-state index in [0.717, 1.165) is 0 Å². The number of imidazole rings is 1. The van der Waals surface area contributed by atoms with Gasteiger partial charge in [-0.3, -0.25) is 9.32 Å². The maximum absolute atomic E-state index is 13.4. The summed E-state index contributed by atoms with van der Waals surface area (Å²) >= 11 is 0. The molecule has 0 saturated heterocycles. The van der Waals surface area contributed by atoms with Gasteiger partial charge in [-0.2, -0.15) is 0 Å². The summed E-state index contributed by atoms with van der Waals surface area (Å²) in [6.07, 6.45) is 3.49. The minimum Gasteiger partial charge on any atom is -0.481 e. The third-order valence-corrected chi connectivity index (χ3v) is 6.88. The number of aliphatic carboxylic acids is 3. The highest BCUT2D eigenvalue weighted by Crippen LogP contribution is 2.49. The number of hydrogen-bond donors (Lipinski definition) is 4. The molecular formula is C25H32N5O10P. The van der Waals surface area contributed by atoms with Crippen LogP contribution >= 0.6 is 7.60 Å². The van der Waals surface area contributed by atoms with Crippen LogP contribution in [0.5, 0.6) is 5.75 Å². The van der Waals surface area contributed by atoms with Crippen LogP contribution in [0.25, 0.3) is 11.2 Å². The zero-order valence-electron chi connectivity index (χ0n) is 22.6. The molecule has 2 heterocycles. The quantitative estimate of drug-likeness (QED) is 0.155. The molecule has 1 aromatic carbocycles. The molecule has 0 saturated carbocycles. The fraction of sp³-hybridized carbons (Fsp3) is 0.360. The highest BCUT2D eigenvalue weighted by atomic mass is 31.2. The fourth-order valence-electron chi connectivity index (χ4n) is 3.00. The zero-order chi connectivity index (χ0) is 30.6. The van der Waals surface area contributed by atoms with E-state index in [0.29, 0.717) is 35.6 Å². The van der Waals surface area contributed by atoms with Gasteiger partial charge in [-0.05, 0) is 39.3 Å². The Morgan fingerprint density at radius 3 is 2.29 bits per heavy atom. The number of ether oxygens (including phenoxy) is 1. The lowest BCUT2D eigenvalue weighted by Gasteiger charge is -2.24. The highest BCUT2D eigenvalue weighted by molar-refractivity contribution is 7.54. The molecule has 0 aliphatic rings. The Morgan fingerprint density at radius 2 is 1.71 bits per heavy atom. The zero-order valence-corrected chi connectivity index (χ0v) is 23.5. The first-order valence-electron chi connectivity index (χ1n) is 12.1. The second-order valence-corrected chi connectivity index (χ2v) is 11.2. The lowest BCUT2D eigenvalue weighted by atomic mass is 9.90. The van der Waals surface area contributed by atoms with Crippen LogP contribution in [-0.2, 0) is 34.8 Å². The number of carboxylic acid groups (broad SMARTS) is 3. The molecule has 0 aliphatic heterocycles. The summed E-state index contributed by atoms with van der Waals surface area (Å²) in [5, 5.41) is 24.9. The van der Waals surface area contributed by atoms with Crippen LogP contribution in [0.4, 0.5) is 5.82 Å². The van der Waals surface area contributed by atoms with E-state index in [1.807, 2.05) is 0 Å². The fourth-order valence-corrected chi connectivity index (χ4v) is 4.43. The lowest BCUT2D eigenvalue weighted by molar-refractivity contribution is -0.147. The highest BCUT2D eigenvalue weighted by Gasteiger charge is 2.32. The van der Waals surface area contributed by atoms with Gasteiger partial charge in [-0.1, -0.05) is 18.2 Å². The molecule has 15 nitrogen and oxygen atoms in total. The number of para-hydroxylation sites is 1. The van der Waals surface area contributed by atoms with Gasteiger partial charge in [0, 0.05) is 12.2 Å². The molecular weight excluding hydrogens is 561 g/mol. The summed E-state index contributed by atoms with van der Waals surface area (Å²) < 4.78 is 32.2. The average molecular weight is 594 g/mol. The summed E-state index contributed by atoms with van der Waals surface area (Å²) in [6.45, 7) is 5.25. The molecule has 2 aromatic heterocycles. The van der Waals surface area contributed by atoms with Gasteiger partial charge in [0.1, 0.15) is 17.6 Å². The topological polar surface area (TPSA) is 226 Å². The summed E-state index contributed by atoms with van der Waals surface area (Å²) in [6, 6.07) is 8.60. The number of fused-ring (bicyclic) bond motifs is 1. The van der Waals surface area contributed by atoms with E-state index in [4.69, 9.17) is 29.7 Å². The molecule has 0 amide bonds. The van der Waals surface area contributed by atoms with E-state index >= 15 is 0 Å². The van der Waals surface area contributed by atoms with Crippen molar-refractivity contribution in [2.75, 3.05) is 18.7 Å². The van der Waals surface area contributed by atoms with Crippen molar-refractivity contribution >= 4 is 42.5 Å². The van der Waals surface area contributed by atoms with Crippen LogP contribution in [0, 0.1) is 5.41 Å². The average Bonchev–Trinajstić information content (AvgIpc) is 3.31. The molecule has 0 aliphatic carbocycles. The van der Waals surface area contributed by atoms with Crippen molar-refractivity contribution in [2.24, 2.45) is 5.41 Å². The largest absolute Gasteiger partial charge is 0.481 e. The number of aromatic nitrogens is 4. The van der Waals surface area contributed by atoms with Crippen molar-refractivity contribution in [2.45, 2.75) is 39.8 Å². The molecule has 0 bridgehead atoms. The summed E-state index contributed by atoms with van der Waals surface area (Å²) in [5.74, 6) is -2.83. The van der Waals surface area contributed by atoms with Gasteiger partial charge in [-0.25, -0.2) is 29.1 Å². The summed E-state index contributed by atoms with van der Waals surface area (Å²) in [7, 11) is -3.74. The number of benzene rings is 1. The second-order valence-electron chi connectivity index (χ2n) is 9.23. The van der Waals surface area contributed by atoms with Gasteiger partial charge in [0.25, 0.3) is 0 Å². The Kier molecular flexibility index (Phi) is 11.9. The first-order valence-corrected chi connectivity index (χ1v) is 13.8. The van der Waals surface area contributed by atoms with Crippen LogP contribution in [0.2, 0.25) is 0 Å². The lowest BCUT2D eigenvalue weighted by Crippen LogP contribution is -2.25. The SMILES string of the molecule is CC(Cn1cnc2c(N)ncnc21)OCP(=O)(OCCC(C)(C)C(=O)O)Oc1ccccc1.O=C(O)/C=C/C(=O)O. The van der Waals surface area contributed by atoms with E-state index < -0.39 is 37.0 Å². The predicted molar refractivity (Wildman–Crippen MR) is 146 cm³/mol. The Labute approximate surface area is 235 Å². The molecule has 2 atom stereocenters. The molecule has 0 spiro atoms. The molecule has 16 heteroatoms. The number of nitrogens with two attached hydrogens (primary N) is 1. The molecule has 41 heavy (non-hydrogen) atoms. The van der Waals surface area contributed by atoms with Gasteiger partial charge in [0.15, 0.2) is 17.8 Å². The predicted octanol–water partition coefficient (Wildman–Crippen LogP) is 3.27. The minimum atomic E-state index is -3.74. The molecule has 2 unspecified atom stereocenters. The molecule has 0 radical (unpaired) electrons. The number of carbonyl (C=O) groups is 3.